The van der Waals surface area contributed by atoms with Gasteiger partial charge in [-0.1, -0.05) is 84.9 Å². The number of pyridine rings is 2. The average molecular weight is 721 g/mol. The fraction of sp³-hybridized carbons (Fsp3) is 0.227. The van der Waals surface area contributed by atoms with Gasteiger partial charge >= 0.3 is 0 Å². The van der Waals surface area contributed by atoms with Crippen LogP contribution in [0.15, 0.2) is 107 Å². The summed E-state index contributed by atoms with van der Waals surface area (Å²) >= 11 is 0. The second kappa shape index (κ2) is 13.2. The molecule has 2 aliphatic carbocycles. The van der Waals surface area contributed by atoms with Crippen molar-refractivity contribution in [3.05, 3.63) is 140 Å². The number of carbonyl (C=O) groups excluding carboxylic acids is 4. The number of nitrogens with zero attached hydrogens (tertiary/aromatic N) is 2. The van der Waals surface area contributed by atoms with E-state index in [0.717, 1.165) is 0 Å². The Balaban J connectivity index is 0.000000167. The summed E-state index contributed by atoms with van der Waals surface area (Å²) in [5.41, 5.74) is 3.23. The molecule has 8 rings (SSSR count). The van der Waals surface area contributed by atoms with E-state index in [1.165, 1.54) is 9.13 Å². The molecule has 2 heterocycles. The van der Waals surface area contributed by atoms with Gasteiger partial charge in [0, 0.05) is 54.9 Å². The molecule has 0 bridgehead atoms. The van der Waals surface area contributed by atoms with Crippen LogP contribution < -0.4 is 21.8 Å². The summed E-state index contributed by atoms with van der Waals surface area (Å²) in [5.74, 6) is -0.749. The number of rotatable bonds is 4. The molecule has 0 atom stereocenters. The van der Waals surface area contributed by atoms with Gasteiger partial charge in [-0.15, -0.1) is 0 Å². The highest BCUT2D eigenvalue weighted by Gasteiger charge is 2.34. The number of ketones is 2. The highest BCUT2D eigenvalue weighted by Crippen LogP contribution is 2.40. The molecule has 272 valence electrons. The van der Waals surface area contributed by atoms with E-state index < -0.39 is 11.1 Å². The molecule has 0 spiro atoms. The highest BCUT2D eigenvalue weighted by atomic mass is 16.2. The maximum Gasteiger partial charge on any atom is 0.259 e. The summed E-state index contributed by atoms with van der Waals surface area (Å²) in [7, 11) is 0. The molecule has 0 unspecified atom stereocenters. The number of hydrogen-bond donors (Lipinski definition) is 2. The zero-order valence-electron chi connectivity index (χ0n) is 31.0. The first-order valence-corrected chi connectivity index (χ1v) is 17.8. The Hall–Kier alpha value is -6.42. The van der Waals surface area contributed by atoms with Gasteiger partial charge in [0.15, 0.2) is 11.6 Å². The van der Waals surface area contributed by atoms with E-state index in [2.05, 4.69) is 10.6 Å². The average Bonchev–Trinajstić information content (AvgIpc) is 3.58. The Labute approximate surface area is 311 Å². The van der Waals surface area contributed by atoms with Crippen LogP contribution in [0.4, 0.5) is 0 Å². The molecule has 0 radical (unpaired) electrons. The molecule has 54 heavy (non-hydrogen) atoms. The minimum atomic E-state index is -0.408. The lowest BCUT2D eigenvalue weighted by atomic mass is 10.0. The summed E-state index contributed by atoms with van der Waals surface area (Å²) in [4.78, 5) is 77.6. The summed E-state index contributed by atoms with van der Waals surface area (Å²) in [6.45, 7) is 11.0. The second-order valence-electron chi connectivity index (χ2n) is 15.7. The van der Waals surface area contributed by atoms with Gasteiger partial charge < -0.3 is 10.6 Å². The van der Waals surface area contributed by atoms with Crippen LogP contribution in [-0.2, 0) is 22.7 Å². The van der Waals surface area contributed by atoms with Crippen LogP contribution in [0.25, 0.3) is 44.1 Å². The highest BCUT2D eigenvalue weighted by molar-refractivity contribution is 6.27. The second-order valence-corrected chi connectivity index (χ2v) is 15.7. The maximum absolute atomic E-state index is 13.2. The Morgan fingerprint density at radius 1 is 0.463 bits per heavy atom. The number of hydrogen-bond acceptors (Lipinski definition) is 6. The lowest BCUT2D eigenvalue weighted by Crippen LogP contribution is -2.43. The van der Waals surface area contributed by atoms with E-state index in [1.807, 2.05) is 77.9 Å². The molecule has 6 aromatic rings. The number of aromatic nitrogens is 2. The normalized spacial score (nSPS) is 12.8. The molecule has 10 nitrogen and oxygen atoms in total. The molecule has 0 saturated carbocycles. The molecule has 10 heteroatoms. The van der Waals surface area contributed by atoms with Crippen molar-refractivity contribution in [3.8, 4) is 22.5 Å². The smallest absolute Gasteiger partial charge is 0.259 e. The van der Waals surface area contributed by atoms with Crippen LogP contribution >= 0.6 is 0 Å². The van der Waals surface area contributed by atoms with E-state index in [1.54, 1.807) is 60.7 Å². The third-order valence-electron chi connectivity index (χ3n) is 9.30. The Kier molecular flexibility index (Phi) is 8.80. The first-order chi connectivity index (χ1) is 25.6. The molecular formula is C44H40N4O6. The predicted octanol–water partition coefficient (Wildman–Crippen LogP) is 6.26. The number of fused-ring (bicyclic) bond motifs is 10. The summed E-state index contributed by atoms with van der Waals surface area (Å²) < 4.78 is 2.87. The quantitative estimate of drug-likeness (QED) is 0.221. The van der Waals surface area contributed by atoms with E-state index in [0.29, 0.717) is 66.3 Å². The lowest BCUT2D eigenvalue weighted by molar-refractivity contribution is -0.124. The maximum atomic E-state index is 13.2. The lowest BCUT2D eigenvalue weighted by Gasteiger charge is -2.22. The molecule has 2 amide bonds. The van der Waals surface area contributed by atoms with Crippen LogP contribution in [0, 0.1) is 0 Å². The van der Waals surface area contributed by atoms with Crippen molar-refractivity contribution in [2.75, 3.05) is 0 Å². The van der Waals surface area contributed by atoms with Crippen molar-refractivity contribution in [2.45, 2.75) is 65.7 Å². The number of carbonyl (C=O) groups is 4. The molecule has 0 saturated heterocycles. The standard InChI is InChI=1S/2C22H20N2O3/c2*1-22(2,3)23-17(25)12-24-19-14-9-5-6-10-15(14)20(26)18(19)13-8-4-7-11-16(13)21(24)27/h2*4-11H,12H2,1-3H3,(H,23,25). The van der Waals surface area contributed by atoms with Gasteiger partial charge in [-0.3, -0.25) is 37.9 Å². The number of nitrogens with one attached hydrogen (secondary N) is 2. The molecule has 2 aromatic heterocycles. The molecule has 2 aliphatic rings. The molecule has 0 fully saturated rings. The summed E-state index contributed by atoms with van der Waals surface area (Å²) in [5, 5.41) is 7.92. The number of amides is 2. The van der Waals surface area contributed by atoms with Gasteiger partial charge in [0.2, 0.25) is 11.8 Å². The van der Waals surface area contributed by atoms with Gasteiger partial charge in [-0.25, -0.2) is 0 Å². The van der Waals surface area contributed by atoms with E-state index in [-0.39, 0.29) is 47.6 Å². The number of benzene rings is 4. The van der Waals surface area contributed by atoms with Gasteiger partial charge in [0.1, 0.15) is 13.1 Å². The van der Waals surface area contributed by atoms with Gasteiger partial charge in [-0.2, -0.15) is 0 Å². The van der Waals surface area contributed by atoms with Crippen molar-refractivity contribution in [1.29, 1.82) is 0 Å². The van der Waals surface area contributed by atoms with Crippen molar-refractivity contribution in [3.63, 3.8) is 0 Å². The topological polar surface area (TPSA) is 136 Å². The monoisotopic (exact) mass is 720 g/mol. The Morgan fingerprint density at radius 2 is 0.759 bits per heavy atom. The molecule has 4 aromatic carbocycles. The minimum Gasteiger partial charge on any atom is -0.350 e. The molecule has 2 N–H and O–H groups in total. The van der Waals surface area contributed by atoms with Gasteiger partial charge in [0.05, 0.1) is 22.5 Å². The predicted molar refractivity (Wildman–Crippen MR) is 210 cm³/mol. The summed E-state index contributed by atoms with van der Waals surface area (Å²) in [6, 6.07) is 28.6. The van der Waals surface area contributed by atoms with Gasteiger partial charge in [0.25, 0.3) is 11.1 Å². The minimum absolute atomic E-state index is 0.109. The van der Waals surface area contributed by atoms with E-state index in [4.69, 9.17) is 0 Å². The Morgan fingerprint density at radius 3 is 1.09 bits per heavy atom. The zero-order valence-corrected chi connectivity index (χ0v) is 31.0. The zero-order chi connectivity index (χ0) is 38.7. The van der Waals surface area contributed by atoms with Crippen LogP contribution in [0.1, 0.15) is 73.4 Å². The van der Waals surface area contributed by atoms with Crippen LogP contribution in [0.2, 0.25) is 0 Å². The third-order valence-corrected chi connectivity index (χ3v) is 9.30. The SMILES string of the molecule is CC(C)(C)NC(=O)Cn1c2c(c3ccccc3c1=O)C(=O)c1ccccc1-2.CC(C)(C)NC(=O)Cn1c2c(c3ccccc3c1=O)C(=O)c1ccccc1-2. The van der Waals surface area contributed by atoms with E-state index >= 15 is 0 Å². The van der Waals surface area contributed by atoms with Crippen LogP contribution in [0.3, 0.4) is 0 Å². The first-order valence-electron chi connectivity index (χ1n) is 17.8. The van der Waals surface area contributed by atoms with Crippen molar-refractivity contribution >= 4 is 44.9 Å². The fourth-order valence-corrected chi connectivity index (χ4v) is 7.36. The van der Waals surface area contributed by atoms with Gasteiger partial charge in [-0.05, 0) is 53.7 Å². The van der Waals surface area contributed by atoms with Crippen LogP contribution in [0.5, 0.6) is 0 Å². The largest absolute Gasteiger partial charge is 0.350 e. The first kappa shape index (κ1) is 36.0. The summed E-state index contributed by atoms with van der Waals surface area (Å²) in [6.07, 6.45) is 0. The van der Waals surface area contributed by atoms with Crippen molar-refractivity contribution < 1.29 is 19.2 Å². The van der Waals surface area contributed by atoms with Crippen LogP contribution in [-0.4, -0.2) is 43.6 Å². The van der Waals surface area contributed by atoms with E-state index in [9.17, 15) is 28.8 Å². The van der Waals surface area contributed by atoms with Crippen molar-refractivity contribution in [1.82, 2.24) is 19.8 Å². The molecular weight excluding hydrogens is 681 g/mol. The third kappa shape index (κ3) is 6.33. The molecule has 0 aliphatic heterocycles. The Bertz CT molecular complexity index is 2520. The van der Waals surface area contributed by atoms with Crippen molar-refractivity contribution in [2.24, 2.45) is 0 Å². The fourth-order valence-electron chi connectivity index (χ4n) is 7.36.